The SMILES string of the molecule is CCC(O)C(C)Cc1cc(Cl)ccc1[N+](=O)[O-]. The molecule has 2 unspecified atom stereocenters. The lowest BCUT2D eigenvalue weighted by Crippen LogP contribution is -2.19. The van der Waals surface area contributed by atoms with Gasteiger partial charge in [0.15, 0.2) is 0 Å². The van der Waals surface area contributed by atoms with Gasteiger partial charge in [-0.1, -0.05) is 25.4 Å². The molecule has 0 spiro atoms. The van der Waals surface area contributed by atoms with Crippen molar-refractivity contribution in [2.75, 3.05) is 0 Å². The summed E-state index contributed by atoms with van der Waals surface area (Å²) in [7, 11) is 0. The van der Waals surface area contributed by atoms with Crippen LogP contribution in [0.1, 0.15) is 25.8 Å². The van der Waals surface area contributed by atoms with E-state index in [1.807, 2.05) is 13.8 Å². The van der Waals surface area contributed by atoms with Gasteiger partial charge in [0.1, 0.15) is 0 Å². The second-order valence-electron chi connectivity index (χ2n) is 4.19. The molecule has 0 aromatic heterocycles. The van der Waals surface area contributed by atoms with Crippen molar-refractivity contribution in [3.63, 3.8) is 0 Å². The minimum absolute atomic E-state index is 0.0304. The van der Waals surface area contributed by atoms with E-state index in [-0.39, 0.29) is 11.6 Å². The van der Waals surface area contributed by atoms with Crippen LogP contribution >= 0.6 is 11.6 Å². The number of halogens is 1. The van der Waals surface area contributed by atoms with Gasteiger partial charge in [-0.05, 0) is 30.9 Å². The van der Waals surface area contributed by atoms with Crippen LogP contribution < -0.4 is 0 Å². The van der Waals surface area contributed by atoms with Crippen molar-refractivity contribution in [1.82, 2.24) is 0 Å². The van der Waals surface area contributed by atoms with E-state index in [1.54, 1.807) is 6.07 Å². The average Bonchev–Trinajstić information content (AvgIpc) is 2.27. The summed E-state index contributed by atoms with van der Waals surface area (Å²) in [6.45, 7) is 3.76. The topological polar surface area (TPSA) is 63.4 Å². The third-order valence-electron chi connectivity index (χ3n) is 2.86. The summed E-state index contributed by atoms with van der Waals surface area (Å²) in [6.07, 6.45) is 0.634. The molecule has 94 valence electrons. The summed E-state index contributed by atoms with van der Waals surface area (Å²) in [5.74, 6) is -0.0304. The second kappa shape index (κ2) is 5.98. The van der Waals surface area contributed by atoms with Crippen molar-refractivity contribution in [3.05, 3.63) is 38.9 Å². The fourth-order valence-corrected chi connectivity index (χ4v) is 1.98. The first-order valence-corrected chi connectivity index (χ1v) is 5.94. The van der Waals surface area contributed by atoms with E-state index in [2.05, 4.69) is 0 Å². The molecule has 5 heteroatoms. The number of hydrogen-bond donors (Lipinski definition) is 1. The molecule has 4 nitrogen and oxygen atoms in total. The van der Waals surface area contributed by atoms with E-state index in [9.17, 15) is 15.2 Å². The zero-order valence-corrected chi connectivity index (χ0v) is 10.6. The second-order valence-corrected chi connectivity index (χ2v) is 4.62. The van der Waals surface area contributed by atoms with Gasteiger partial charge in [0.2, 0.25) is 0 Å². The molecule has 1 N–H and O–H groups in total. The number of nitro groups is 1. The molecule has 1 aromatic carbocycles. The van der Waals surface area contributed by atoms with E-state index in [0.717, 1.165) is 0 Å². The summed E-state index contributed by atoms with van der Waals surface area (Å²) in [4.78, 5) is 10.4. The van der Waals surface area contributed by atoms with Gasteiger partial charge >= 0.3 is 0 Å². The lowest BCUT2D eigenvalue weighted by molar-refractivity contribution is -0.385. The maximum absolute atomic E-state index is 10.9. The van der Waals surface area contributed by atoms with Gasteiger partial charge < -0.3 is 5.11 Å². The van der Waals surface area contributed by atoms with Crippen LogP contribution in [0, 0.1) is 16.0 Å². The standard InChI is InChI=1S/C12H16ClNO3/c1-3-12(15)8(2)6-9-7-10(13)4-5-11(9)14(16)17/h4-5,7-8,12,15H,3,6H2,1-2H3. The van der Waals surface area contributed by atoms with Crippen molar-refractivity contribution in [2.24, 2.45) is 5.92 Å². The predicted molar refractivity (Wildman–Crippen MR) is 67.3 cm³/mol. The normalized spacial score (nSPS) is 14.4. The van der Waals surface area contributed by atoms with Gasteiger partial charge in [0.25, 0.3) is 5.69 Å². The summed E-state index contributed by atoms with van der Waals surface area (Å²) in [6, 6.07) is 4.51. The molecule has 1 rings (SSSR count). The molecule has 0 saturated carbocycles. The molecule has 1 aromatic rings. The summed E-state index contributed by atoms with van der Waals surface area (Å²) < 4.78 is 0. The Labute approximate surface area is 105 Å². The average molecular weight is 258 g/mol. The minimum Gasteiger partial charge on any atom is -0.393 e. The van der Waals surface area contributed by atoms with Crippen LogP contribution in [0.3, 0.4) is 0 Å². The van der Waals surface area contributed by atoms with Crippen molar-refractivity contribution < 1.29 is 10.0 Å². The number of aliphatic hydroxyl groups excluding tert-OH is 1. The highest BCUT2D eigenvalue weighted by atomic mass is 35.5. The van der Waals surface area contributed by atoms with E-state index in [0.29, 0.717) is 23.4 Å². The third-order valence-corrected chi connectivity index (χ3v) is 3.09. The lowest BCUT2D eigenvalue weighted by Gasteiger charge is -2.17. The maximum atomic E-state index is 10.9. The Kier molecular flexibility index (Phi) is 4.90. The molecule has 2 atom stereocenters. The van der Waals surface area contributed by atoms with Crippen LogP contribution in [0.5, 0.6) is 0 Å². The van der Waals surface area contributed by atoms with Crippen molar-refractivity contribution in [3.8, 4) is 0 Å². The first-order valence-electron chi connectivity index (χ1n) is 5.56. The van der Waals surface area contributed by atoms with Crippen molar-refractivity contribution in [1.29, 1.82) is 0 Å². The third kappa shape index (κ3) is 3.68. The summed E-state index contributed by atoms with van der Waals surface area (Å²) in [5, 5.41) is 21.0. The minimum atomic E-state index is -0.450. The Bertz CT molecular complexity index is 409. The van der Waals surface area contributed by atoms with E-state index in [4.69, 9.17) is 11.6 Å². The highest BCUT2D eigenvalue weighted by molar-refractivity contribution is 6.30. The zero-order valence-electron chi connectivity index (χ0n) is 9.89. The van der Waals surface area contributed by atoms with Crippen LogP contribution in [-0.2, 0) is 6.42 Å². The number of benzene rings is 1. The molecule has 0 saturated heterocycles. The Morgan fingerprint density at radius 3 is 2.71 bits per heavy atom. The quantitative estimate of drug-likeness (QED) is 0.651. The van der Waals surface area contributed by atoms with Crippen LogP contribution in [0.15, 0.2) is 18.2 Å². The van der Waals surface area contributed by atoms with Gasteiger partial charge in [0, 0.05) is 16.7 Å². The monoisotopic (exact) mass is 257 g/mol. The number of nitrogens with zero attached hydrogens (tertiary/aromatic N) is 1. The molecular formula is C12H16ClNO3. The molecule has 0 radical (unpaired) electrons. The van der Waals surface area contributed by atoms with Gasteiger partial charge in [0.05, 0.1) is 11.0 Å². The van der Waals surface area contributed by atoms with E-state index < -0.39 is 11.0 Å². The zero-order chi connectivity index (χ0) is 13.0. The fraction of sp³-hybridized carbons (Fsp3) is 0.500. The molecule has 0 amide bonds. The first kappa shape index (κ1) is 13.9. The lowest BCUT2D eigenvalue weighted by atomic mass is 9.93. The Morgan fingerprint density at radius 1 is 1.53 bits per heavy atom. The number of rotatable bonds is 5. The van der Waals surface area contributed by atoms with Gasteiger partial charge in [-0.25, -0.2) is 0 Å². The number of nitro benzene ring substituents is 1. The van der Waals surface area contributed by atoms with Crippen LogP contribution in [0.25, 0.3) is 0 Å². The highest BCUT2D eigenvalue weighted by Gasteiger charge is 2.19. The highest BCUT2D eigenvalue weighted by Crippen LogP contribution is 2.26. The molecular weight excluding hydrogens is 242 g/mol. The molecule has 0 aliphatic carbocycles. The van der Waals surface area contributed by atoms with Crippen LogP contribution in [0.4, 0.5) is 5.69 Å². The maximum Gasteiger partial charge on any atom is 0.272 e. The summed E-state index contributed by atoms with van der Waals surface area (Å²) in [5.41, 5.74) is 0.632. The Hall–Kier alpha value is -1.13. The van der Waals surface area contributed by atoms with Crippen molar-refractivity contribution in [2.45, 2.75) is 32.8 Å². The van der Waals surface area contributed by atoms with Gasteiger partial charge in [-0.15, -0.1) is 0 Å². The number of aliphatic hydroxyl groups is 1. The van der Waals surface area contributed by atoms with Crippen molar-refractivity contribution >= 4 is 17.3 Å². The molecule has 0 bridgehead atoms. The fourth-order valence-electron chi connectivity index (χ4n) is 1.78. The molecule has 0 aliphatic rings. The number of hydrogen-bond acceptors (Lipinski definition) is 3. The van der Waals surface area contributed by atoms with E-state index >= 15 is 0 Å². The van der Waals surface area contributed by atoms with Crippen LogP contribution in [-0.4, -0.2) is 16.1 Å². The first-order chi connectivity index (χ1) is 7.95. The largest absolute Gasteiger partial charge is 0.393 e. The predicted octanol–water partition coefficient (Wildman–Crippen LogP) is 3.20. The molecule has 0 fully saturated rings. The summed E-state index contributed by atoms with van der Waals surface area (Å²) >= 11 is 5.83. The van der Waals surface area contributed by atoms with E-state index in [1.165, 1.54) is 12.1 Å². The van der Waals surface area contributed by atoms with Crippen LogP contribution in [0.2, 0.25) is 5.02 Å². The molecule has 17 heavy (non-hydrogen) atoms. The Balaban J connectivity index is 2.96. The van der Waals surface area contributed by atoms with Gasteiger partial charge in [-0.3, -0.25) is 10.1 Å². The Morgan fingerprint density at radius 2 is 2.18 bits per heavy atom. The molecule has 0 aliphatic heterocycles. The molecule has 0 heterocycles. The van der Waals surface area contributed by atoms with Gasteiger partial charge in [-0.2, -0.15) is 0 Å². The smallest absolute Gasteiger partial charge is 0.272 e.